The number of sulfonamides is 1. The summed E-state index contributed by atoms with van der Waals surface area (Å²) in [7, 11) is -3.71. The average Bonchev–Trinajstić information content (AvgIpc) is 3.05. The quantitative estimate of drug-likeness (QED) is 0.604. The van der Waals surface area contributed by atoms with Gasteiger partial charge in [-0.05, 0) is 42.8 Å². The summed E-state index contributed by atoms with van der Waals surface area (Å²) in [5, 5.41) is 2.69. The number of rotatable bonds is 8. The van der Waals surface area contributed by atoms with E-state index in [1.807, 2.05) is 17.6 Å². The number of benzene rings is 1. The summed E-state index contributed by atoms with van der Waals surface area (Å²) in [5.41, 5.74) is 2.04. The Hall–Kier alpha value is -2.78. The van der Waals surface area contributed by atoms with E-state index in [4.69, 9.17) is 0 Å². The first-order valence-electron chi connectivity index (χ1n) is 9.14. The maximum atomic E-state index is 12.6. The number of imidazole rings is 1. The van der Waals surface area contributed by atoms with Gasteiger partial charge in [0.25, 0.3) is 0 Å². The number of hydrogen-bond acceptors (Lipinski definition) is 5. The minimum Gasteiger partial charge on any atom is -0.326 e. The summed E-state index contributed by atoms with van der Waals surface area (Å²) in [6.45, 7) is 4.56. The minimum absolute atomic E-state index is 0.0625. The number of nitrogens with one attached hydrogen (secondary N) is 2. The molecule has 0 unspecified atom stereocenters. The second-order valence-electron chi connectivity index (χ2n) is 6.28. The fraction of sp³-hybridized carbons (Fsp3) is 0.316. The summed E-state index contributed by atoms with van der Waals surface area (Å²) >= 11 is 0. The van der Waals surface area contributed by atoms with Gasteiger partial charge in [0, 0.05) is 24.8 Å². The van der Waals surface area contributed by atoms with Crippen LogP contribution in [0.3, 0.4) is 0 Å². The van der Waals surface area contributed by atoms with E-state index < -0.39 is 10.0 Å². The highest BCUT2D eigenvalue weighted by atomic mass is 32.2. The minimum atomic E-state index is -3.71. The smallest absolute Gasteiger partial charge is 0.240 e. The SMILES string of the molecule is CCCn1c(CNS(=O)(=O)c2ccc(NC(=O)CC)cc2)nc2cccnc21. The molecule has 148 valence electrons. The fourth-order valence-electron chi connectivity index (χ4n) is 2.81. The molecule has 0 fully saturated rings. The summed E-state index contributed by atoms with van der Waals surface area (Å²) in [4.78, 5) is 20.4. The zero-order chi connectivity index (χ0) is 20.1. The van der Waals surface area contributed by atoms with Crippen molar-refractivity contribution < 1.29 is 13.2 Å². The Balaban J connectivity index is 1.77. The Morgan fingerprint density at radius 3 is 2.57 bits per heavy atom. The highest BCUT2D eigenvalue weighted by Gasteiger charge is 2.17. The number of pyridine rings is 1. The van der Waals surface area contributed by atoms with E-state index in [0.29, 0.717) is 24.5 Å². The number of aryl methyl sites for hydroxylation is 1. The van der Waals surface area contributed by atoms with Gasteiger partial charge in [0.15, 0.2) is 5.65 Å². The Bertz CT molecular complexity index is 1070. The van der Waals surface area contributed by atoms with Crippen LogP contribution in [0, 0.1) is 0 Å². The molecule has 3 aromatic rings. The lowest BCUT2D eigenvalue weighted by molar-refractivity contribution is -0.115. The third-order valence-electron chi connectivity index (χ3n) is 4.22. The van der Waals surface area contributed by atoms with Crippen molar-refractivity contribution in [3.05, 3.63) is 48.4 Å². The largest absolute Gasteiger partial charge is 0.326 e. The normalized spacial score (nSPS) is 11.6. The van der Waals surface area contributed by atoms with Crippen LogP contribution in [0.5, 0.6) is 0 Å². The third-order valence-corrected chi connectivity index (χ3v) is 5.64. The van der Waals surface area contributed by atoms with Gasteiger partial charge in [0.05, 0.1) is 11.4 Å². The molecule has 2 N–H and O–H groups in total. The van der Waals surface area contributed by atoms with Gasteiger partial charge in [0.2, 0.25) is 15.9 Å². The van der Waals surface area contributed by atoms with E-state index in [2.05, 4.69) is 20.0 Å². The molecule has 8 nitrogen and oxygen atoms in total. The highest BCUT2D eigenvalue weighted by Crippen LogP contribution is 2.17. The molecule has 1 aromatic carbocycles. The predicted octanol–water partition coefficient (Wildman–Crippen LogP) is 2.67. The van der Waals surface area contributed by atoms with Gasteiger partial charge < -0.3 is 9.88 Å². The topological polar surface area (TPSA) is 106 Å². The molecule has 0 spiro atoms. The molecule has 0 aliphatic heterocycles. The van der Waals surface area contributed by atoms with Crippen molar-refractivity contribution in [2.24, 2.45) is 0 Å². The van der Waals surface area contributed by atoms with Crippen LogP contribution in [-0.2, 0) is 27.9 Å². The predicted molar refractivity (Wildman–Crippen MR) is 107 cm³/mol. The van der Waals surface area contributed by atoms with Gasteiger partial charge in [-0.2, -0.15) is 0 Å². The number of aromatic nitrogens is 3. The Morgan fingerprint density at radius 2 is 1.89 bits per heavy atom. The van der Waals surface area contributed by atoms with Crippen molar-refractivity contribution in [2.75, 3.05) is 5.32 Å². The molecule has 3 rings (SSSR count). The van der Waals surface area contributed by atoms with E-state index in [1.165, 1.54) is 12.1 Å². The average molecular weight is 401 g/mol. The molecular weight excluding hydrogens is 378 g/mol. The fourth-order valence-corrected chi connectivity index (χ4v) is 3.79. The van der Waals surface area contributed by atoms with E-state index in [1.54, 1.807) is 31.3 Å². The van der Waals surface area contributed by atoms with Crippen LogP contribution >= 0.6 is 0 Å². The number of carbonyl (C=O) groups excluding carboxylic acids is 1. The molecule has 0 bridgehead atoms. The van der Waals surface area contributed by atoms with Crippen LogP contribution in [0.1, 0.15) is 32.5 Å². The van der Waals surface area contributed by atoms with Gasteiger partial charge in [0.1, 0.15) is 11.3 Å². The lowest BCUT2D eigenvalue weighted by Crippen LogP contribution is -2.25. The first kappa shape index (κ1) is 20.0. The number of amides is 1. The summed E-state index contributed by atoms with van der Waals surface area (Å²) in [5.74, 6) is 0.489. The zero-order valence-corrected chi connectivity index (χ0v) is 16.7. The van der Waals surface area contributed by atoms with E-state index in [-0.39, 0.29) is 17.3 Å². The first-order chi connectivity index (χ1) is 13.4. The third kappa shape index (κ3) is 4.37. The van der Waals surface area contributed by atoms with Crippen LogP contribution in [0.25, 0.3) is 11.2 Å². The molecule has 2 heterocycles. The summed E-state index contributed by atoms with van der Waals surface area (Å²) in [6.07, 6.45) is 2.94. The summed E-state index contributed by atoms with van der Waals surface area (Å²) in [6, 6.07) is 9.72. The Kier molecular flexibility index (Phi) is 6.05. The van der Waals surface area contributed by atoms with Crippen LogP contribution in [0.4, 0.5) is 5.69 Å². The number of carbonyl (C=O) groups is 1. The van der Waals surface area contributed by atoms with E-state index in [9.17, 15) is 13.2 Å². The number of hydrogen-bond donors (Lipinski definition) is 2. The van der Waals surface area contributed by atoms with Crippen molar-refractivity contribution >= 4 is 32.8 Å². The Labute approximate surface area is 164 Å². The highest BCUT2D eigenvalue weighted by molar-refractivity contribution is 7.89. The molecule has 0 radical (unpaired) electrons. The van der Waals surface area contributed by atoms with Crippen LogP contribution in [-0.4, -0.2) is 28.9 Å². The second-order valence-corrected chi connectivity index (χ2v) is 8.04. The van der Waals surface area contributed by atoms with Gasteiger partial charge >= 0.3 is 0 Å². The van der Waals surface area contributed by atoms with Crippen LogP contribution in [0.15, 0.2) is 47.5 Å². The first-order valence-corrected chi connectivity index (χ1v) is 10.6. The van der Waals surface area contributed by atoms with E-state index in [0.717, 1.165) is 17.6 Å². The maximum absolute atomic E-state index is 12.6. The summed E-state index contributed by atoms with van der Waals surface area (Å²) < 4.78 is 29.8. The Morgan fingerprint density at radius 1 is 1.14 bits per heavy atom. The van der Waals surface area contributed by atoms with Crippen molar-refractivity contribution in [3.63, 3.8) is 0 Å². The van der Waals surface area contributed by atoms with Crippen LogP contribution in [0.2, 0.25) is 0 Å². The maximum Gasteiger partial charge on any atom is 0.240 e. The molecule has 0 atom stereocenters. The molecule has 28 heavy (non-hydrogen) atoms. The van der Waals surface area contributed by atoms with Gasteiger partial charge in [-0.1, -0.05) is 13.8 Å². The monoisotopic (exact) mass is 401 g/mol. The standard InChI is InChI=1S/C19H23N5O3S/c1-3-12-24-17(23-16-6-5-11-20-19(16)24)13-21-28(26,27)15-9-7-14(8-10-15)22-18(25)4-2/h5-11,21H,3-4,12-13H2,1-2H3,(H,22,25). The second kappa shape index (κ2) is 8.49. The molecule has 0 saturated heterocycles. The lowest BCUT2D eigenvalue weighted by atomic mass is 10.3. The zero-order valence-electron chi connectivity index (χ0n) is 15.8. The van der Waals surface area contributed by atoms with Gasteiger partial charge in [-0.3, -0.25) is 4.79 Å². The van der Waals surface area contributed by atoms with Crippen molar-refractivity contribution in [1.29, 1.82) is 0 Å². The van der Waals surface area contributed by atoms with Gasteiger partial charge in [-0.15, -0.1) is 0 Å². The van der Waals surface area contributed by atoms with Crippen molar-refractivity contribution in [3.8, 4) is 0 Å². The van der Waals surface area contributed by atoms with Crippen molar-refractivity contribution in [2.45, 2.75) is 44.7 Å². The van der Waals surface area contributed by atoms with Crippen LogP contribution < -0.4 is 10.0 Å². The molecule has 2 aromatic heterocycles. The molecular formula is C19H23N5O3S. The lowest BCUT2D eigenvalue weighted by Gasteiger charge is -2.10. The number of anilines is 1. The van der Waals surface area contributed by atoms with Crippen molar-refractivity contribution in [1.82, 2.24) is 19.3 Å². The molecule has 1 amide bonds. The van der Waals surface area contributed by atoms with Gasteiger partial charge in [-0.25, -0.2) is 23.1 Å². The number of fused-ring (bicyclic) bond motifs is 1. The molecule has 0 aliphatic rings. The number of nitrogens with zero attached hydrogens (tertiary/aromatic N) is 3. The molecule has 0 aliphatic carbocycles. The molecule has 0 saturated carbocycles. The molecule has 9 heteroatoms. The van der Waals surface area contributed by atoms with E-state index >= 15 is 0 Å².